The van der Waals surface area contributed by atoms with Gasteiger partial charge in [-0.05, 0) is 113 Å². The minimum absolute atomic E-state index is 0.161. The van der Waals surface area contributed by atoms with Crippen LogP contribution in [0.25, 0.3) is 0 Å². The van der Waals surface area contributed by atoms with Crippen molar-refractivity contribution in [2.75, 3.05) is 39.3 Å². The molecule has 0 heterocycles. The first-order chi connectivity index (χ1) is 54.4. The maximum absolute atomic E-state index is 11.4. The molecular weight excluding hydrogens is 1430 g/mol. The summed E-state index contributed by atoms with van der Waals surface area (Å²) in [5.41, 5.74) is 8.66. The van der Waals surface area contributed by atoms with Crippen molar-refractivity contribution < 1.29 is 47.5 Å². The fraction of sp³-hybridized carbons (Fsp3) is 0.625. The van der Waals surface area contributed by atoms with E-state index in [0.717, 1.165) is 127 Å². The molecule has 0 spiro atoms. The summed E-state index contributed by atoms with van der Waals surface area (Å²) in [5, 5.41) is 34.1. The third-order valence-electron chi connectivity index (χ3n) is 24.9. The number of hydrogen-bond acceptors (Lipinski definition) is 10. The van der Waals surface area contributed by atoms with Gasteiger partial charge in [-0.3, -0.25) is 30.3 Å². The van der Waals surface area contributed by atoms with Gasteiger partial charge in [0.15, 0.2) is 0 Å². The quantitative estimate of drug-likeness (QED) is 0.0116. The van der Waals surface area contributed by atoms with Crippen LogP contribution in [0.15, 0.2) is 164 Å². The number of nitro benzene ring substituents is 3. The highest BCUT2D eigenvalue weighted by atomic mass is 31.2. The number of rotatable bonds is 57. The van der Waals surface area contributed by atoms with E-state index in [4.69, 9.17) is 19.2 Å². The van der Waals surface area contributed by atoms with E-state index in [1.54, 1.807) is 36.4 Å². The zero-order valence-electron chi connectivity index (χ0n) is 72.6. The second-order valence-electron chi connectivity index (χ2n) is 32.7. The maximum Gasteiger partial charge on any atom is 0.269 e. The summed E-state index contributed by atoms with van der Waals surface area (Å²) < 4.78 is 12.0. The molecule has 0 aliphatic carbocycles. The molecule has 16 nitrogen and oxygen atoms in total. The van der Waals surface area contributed by atoms with Gasteiger partial charge in [-0.1, -0.05) is 307 Å². The highest BCUT2D eigenvalue weighted by molar-refractivity contribution is 7.40. The number of nitrogens with zero attached hydrogens (tertiary/aromatic N) is 6. The molecule has 0 bridgehead atoms. The normalized spacial score (nSPS) is 14.6. The van der Waals surface area contributed by atoms with Gasteiger partial charge in [-0.15, -0.1) is 0 Å². The van der Waals surface area contributed by atoms with E-state index in [1.807, 2.05) is 18.2 Å². The third kappa shape index (κ3) is 35.1. The largest absolute Gasteiger partial charge is 0.822 e. The summed E-state index contributed by atoms with van der Waals surface area (Å²) >= 11 is 0. The second-order valence-corrected chi connectivity index (χ2v) is 33.6. The first kappa shape index (κ1) is 101. The van der Waals surface area contributed by atoms with Crippen LogP contribution in [0.2, 0.25) is 0 Å². The third-order valence-corrected chi connectivity index (χ3v) is 24.9. The lowest BCUT2D eigenvalue weighted by Crippen LogP contribution is -2.64. The van der Waals surface area contributed by atoms with E-state index in [0.29, 0.717) is 0 Å². The Hall–Kier alpha value is -6.49. The fourth-order valence-corrected chi connectivity index (χ4v) is 19.3. The number of aryl methyl sites for hydroxylation is 3. The molecule has 0 fully saturated rings. The van der Waals surface area contributed by atoms with E-state index in [1.165, 1.54) is 210 Å². The van der Waals surface area contributed by atoms with Crippen LogP contribution in [-0.4, -0.2) is 84.1 Å². The van der Waals surface area contributed by atoms with Gasteiger partial charge in [-0.2, -0.15) is 7.82 Å². The number of benzene rings is 6. The van der Waals surface area contributed by atoms with Crippen molar-refractivity contribution >= 4 is 24.9 Å². The molecule has 0 radical (unpaired) electrons. The van der Waals surface area contributed by atoms with Gasteiger partial charge in [0.2, 0.25) is 0 Å². The molecule has 6 unspecified atom stereocenters. The van der Waals surface area contributed by atoms with E-state index in [-0.39, 0.29) is 48.4 Å². The van der Waals surface area contributed by atoms with Crippen molar-refractivity contribution in [3.63, 3.8) is 0 Å². The van der Waals surface area contributed by atoms with Crippen LogP contribution in [0, 0.1) is 30.3 Å². The van der Waals surface area contributed by atoms with E-state index in [9.17, 15) is 30.3 Å². The molecular formula is C96H153N6O10P. The maximum atomic E-state index is 11.4. The zero-order chi connectivity index (χ0) is 83.3. The predicted molar refractivity (Wildman–Crippen MR) is 467 cm³/mol. The molecule has 6 aromatic carbocycles. The minimum Gasteiger partial charge on any atom is -0.822 e. The van der Waals surface area contributed by atoms with Crippen LogP contribution < -0.4 is 14.7 Å². The molecule has 0 aromatic heterocycles. The molecule has 0 saturated heterocycles. The molecule has 0 saturated carbocycles. The summed E-state index contributed by atoms with van der Waals surface area (Å²) in [5.74, 6) is 0. The van der Waals surface area contributed by atoms with Crippen LogP contribution in [0.5, 0.6) is 0 Å². The highest BCUT2D eigenvalue weighted by Gasteiger charge is 2.51. The molecule has 6 rings (SSSR count). The van der Waals surface area contributed by atoms with Crippen molar-refractivity contribution in [1.82, 2.24) is 0 Å². The van der Waals surface area contributed by atoms with Gasteiger partial charge < -0.3 is 32.7 Å². The fourth-order valence-electron chi connectivity index (χ4n) is 19.3. The van der Waals surface area contributed by atoms with Crippen molar-refractivity contribution in [2.45, 2.75) is 350 Å². The Morgan fingerprint density at radius 3 is 0.699 bits per heavy atom. The van der Waals surface area contributed by atoms with Gasteiger partial charge in [0, 0.05) is 91.6 Å². The van der Waals surface area contributed by atoms with E-state index in [2.05, 4.69) is 192 Å². The molecule has 632 valence electrons. The lowest BCUT2D eigenvalue weighted by molar-refractivity contribution is -0.990. The molecule has 0 aliphatic rings. The Bertz CT molecular complexity index is 3190. The molecule has 17 heteroatoms. The number of hydrogen-bond donors (Lipinski definition) is 0. The lowest BCUT2D eigenvalue weighted by atomic mass is 9.79. The highest BCUT2D eigenvalue weighted by Crippen LogP contribution is 2.45. The molecule has 0 aliphatic heterocycles. The van der Waals surface area contributed by atoms with Crippen LogP contribution in [0.4, 0.5) is 17.1 Å². The summed E-state index contributed by atoms with van der Waals surface area (Å²) in [4.78, 5) is 59.0. The van der Waals surface area contributed by atoms with Crippen molar-refractivity contribution in [3.05, 3.63) is 228 Å². The Balaban J connectivity index is 0.000000425. The van der Waals surface area contributed by atoms with Gasteiger partial charge >= 0.3 is 0 Å². The number of phosphoric acid groups is 1. The summed E-state index contributed by atoms with van der Waals surface area (Å²) in [6.45, 7) is 38.5. The minimum atomic E-state index is -5.39. The molecule has 0 amide bonds. The number of quaternary nitrogens is 3. The monoisotopic (exact) mass is 1580 g/mol. The van der Waals surface area contributed by atoms with E-state index >= 15 is 0 Å². The Morgan fingerprint density at radius 1 is 0.274 bits per heavy atom. The lowest BCUT2D eigenvalue weighted by Gasteiger charge is -2.54. The van der Waals surface area contributed by atoms with Gasteiger partial charge in [-0.25, -0.2) is 0 Å². The molecule has 6 aromatic rings. The Labute approximate surface area is 685 Å². The topological polar surface area (TPSA) is 216 Å². The van der Waals surface area contributed by atoms with Crippen molar-refractivity contribution in [3.8, 4) is 0 Å². The van der Waals surface area contributed by atoms with E-state index < -0.39 is 7.82 Å². The van der Waals surface area contributed by atoms with Crippen LogP contribution >= 0.6 is 7.82 Å². The predicted octanol–water partition coefficient (Wildman–Crippen LogP) is 25.0. The van der Waals surface area contributed by atoms with Crippen LogP contribution in [-0.2, 0) is 43.5 Å². The molecule has 0 N–H and O–H groups in total. The SMILES string of the molecule is CCCCCCCC[N+](CCC)(Cc1ccccc1)C(CC)(CCC)CCc1cccc([N+](=O)[O-])c1.CCCCCCCC[N+](CCC)(Cc1ccccc1)C(CC)(CCC)CCc1cccc([N+](=O)[O-])c1.CCCCCCCC[N+](CCC)(Cc1ccccc1)C(CC)(CCC)CCc1cccc([N+](=O)[O-])c1.O=P([O-])([O-])[O-]. The number of nitro groups is 3. The van der Waals surface area contributed by atoms with Crippen LogP contribution in [0.1, 0.15) is 328 Å². The summed E-state index contributed by atoms with van der Waals surface area (Å²) in [6, 6.07) is 55.1. The number of non-ortho nitro benzene ring substituents is 3. The second kappa shape index (κ2) is 56.0. The first-order valence-electron chi connectivity index (χ1n) is 44.5. The summed E-state index contributed by atoms with van der Waals surface area (Å²) in [6.07, 6.45) is 43.6. The summed E-state index contributed by atoms with van der Waals surface area (Å²) in [7, 11) is -5.39. The first-order valence-corrected chi connectivity index (χ1v) is 46.0. The Kier molecular flexibility index (Phi) is 49.9. The smallest absolute Gasteiger partial charge is 0.269 e. The number of unbranched alkanes of at least 4 members (excludes halogenated alkanes) is 15. The average molecular weight is 1580 g/mol. The Morgan fingerprint density at radius 2 is 0.496 bits per heavy atom. The van der Waals surface area contributed by atoms with Crippen molar-refractivity contribution in [2.24, 2.45) is 0 Å². The molecule has 6 atom stereocenters. The van der Waals surface area contributed by atoms with Gasteiger partial charge in [0.25, 0.3) is 17.1 Å². The van der Waals surface area contributed by atoms with Gasteiger partial charge in [0.1, 0.15) is 19.6 Å². The zero-order valence-corrected chi connectivity index (χ0v) is 73.5. The van der Waals surface area contributed by atoms with Crippen molar-refractivity contribution in [1.29, 1.82) is 0 Å². The van der Waals surface area contributed by atoms with Gasteiger partial charge in [0.05, 0.1) is 70.7 Å². The van der Waals surface area contributed by atoms with Crippen LogP contribution in [0.3, 0.4) is 0 Å². The standard InChI is InChI=1S/3C32H51N2O2.H3O4P/c3*1-5-9-10-11-12-16-26-34(25-7-3,28-30-18-14-13-15-19-30)32(8-4,23-6-2)24-22-29-20-17-21-31(27-29)33(35)36;1-5(2,3)4/h3*13-15,17-21,27H,5-12,16,22-26,28H2,1-4H3;(H3,1,2,3,4)/q3*+1;/p-3. The average Bonchev–Trinajstić information content (AvgIpc) is 0.776. The molecule has 113 heavy (non-hydrogen) atoms.